The summed E-state index contributed by atoms with van der Waals surface area (Å²) in [7, 11) is 0. The quantitative estimate of drug-likeness (QED) is 0.835. The average molecular weight is 340 g/mol. The van der Waals surface area contributed by atoms with E-state index in [1.54, 1.807) is 12.1 Å². The number of benzene rings is 1. The number of hydrogen-bond donors (Lipinski definition) is 0. The standard InChI is InChI=1S/C19H21FN4O/c1-13(14-6-8-15(20)9-7-14)11-17(25)16(12-21)19-23-22-18-5-3-2-4-10-24(18)19/h6-9,13,16H,2-5,10-11H2,1H3/t13-,16+/m1/s1. The molecule has 2 aromatic rings. The number of ketones is 1. The Bertz CT molecular complexity index is 791. The molecule has 2 heterocycles. The van der Waals surface area contributed by atoms with Crippen LogP contribution in [-0.4, -0.2) is 20.5 Å². The van der Waals surface area contributed by atoms with E-state index in [1.165, 1.54) is 12.1 Å². The number of nitriles is 1. The van der Waals surface area contributed by atoms with E-state index in [2.05, 4.69) is 16.3 Å². The number of halogens is 1. The molecule has 130 valence electrons. The van der Waals surface area contributed by atoms with Gasteiger partial charge in [0.2, 0.25) is 0 Å². The molecule has 0 fully saturated rings. The molecule has 0 spiro atoms. The molecule has 0 saturated heterocycles. The zero-order valence-corrected chi connectivity index (χ0v) is 14.3. The van der Waals surface area contributed by atoms with E-state index in [4.69, 9.17) is 0 Å². The third-order valence-corrected chi connectivity index (χ3v) is 4.79. The third-order valence-electron chi connectivity index (χ3n) is 4.79. The predicted octanol–water partition coefficient (Wildman–Crippen LogP) is 3.51. The van der Waals surface area contributed by atoms with Crippen molar-refractivity contribution in [3.63, 3.8) is 0 Å². The number of nitrogens with zero attached hydrogens (tertiary/aromatic N) is 4. The summed E-state index contributed by atoms with van der Waals surface area (Å²) in [5, 5.41) is 17.9. The lowest BCUT2D eigenvalue weighted by Gasteiger charge is -2.14. The van der Waals surface area contributed by atoms with Crippen molar-refractivity contribution >= 4 is 5.78 Å². The second kappa shape index (κ2) is 7.56. The van der Waals surface area contributed by atoms with Gasteiger partial charge in [-0.1, -0.05) is 25.5 Å². The van der Waals surface area contributed by atoms with Gasteiger partial charge in [0, 0.05) is 19.4 Å². The fourth-order valence-electron chi connectivity index (χ4n) is 3.32. The largest absolute Gasteiger partial charge is 0.313 e. The van der Waals surface area contributed by atoms with Crippen molar-refractivity contribution in [3.05, 3.63) is 47.3 Å². The van der Waals surface area contributed by atoms with Crippen molar-refractivity contribution < 1.29 is 9.18 Å². The van der Waals surface area contributed by atoms with Gasteiger partial charge >= 0.3 is 0 Å². The van der Waals surface area contributed by atoms with Crippen LogP contribution in [0.4, 0.5) is 4.39 Å². The van der Waals surface area contributed by atoms with Crippen LogP contribution in [0.2, 0.25) is 0 Å². The van der Waals surface area contributed by atoms with Gasteiger partial charge in [-0.3, -0.25) is 4.79 Å². The first kappa shape index (κ1) is 17.3. The lowest BCUT2D eigenvalue weighted by atomic mass is 9.91. The number of aryl methyl sites for hydroxylation is 1. The van der Waals surface area contributed by atoms with Gasteiger partial charge in [0.25, 0.3) is 0 Å². The monoisotopic (exact) mass is 340 g/mol. The molecule has 25 heavy (non-hydrogen) atoms. The third kappa shape index (κ3) is 3.76. The molecule has 3 rings (SSSR count). The molecular weight excluding hydrogens is 319 g/mol. The van der Waals surface area contributed by atoms with Crippen LogP contribution in [0.25, 0.3) is 0 Å². The van der Waals surface area contributed by atoms with E-state index >= 15 is 0 Å². The Kier molecular flexibility index (Phi) is 5.22. The van der Waals surface area contributed by atoms with E-state index < -0.39 is 5.92 Å². The molecule has 0 N–H and O–H groups in total. The van der Waals surface area contributed by atoms with Crippen molar-refractivity contribution in [1.29, 1.82) is 5.26 Å². The van der Waals surface area contributed by atoms with Crippen molar-refractivity contribution in [2.45, 2.75) is 57.4 Å². The normalized spacial score (nSPS) is 16.4. The van der Waals surface area contributed by atoms with Crippen LogP contribution in [0.15, 0.2) is 24.3 Å². The molecule has 0 amide bonds. The molecule has 0 saturated carbocycles. The molecule has 1 aromatic carbocycles. The first-order valence-corrected chi connectivity index (χ1v) is 8.70. The topological polar surface area (TPSA) is 71.6 Å². The highest BCUT2D eigenvalue weighted by Crippen LogP contribution is 2.26. The van der Waals surface area contributed by atoms with Crippen LogP contribution in [0.5, 0.6) is 0 Å². The van der Waals surface area contributed by atoms with Crippen molar-refractivity contribution in [2.24, 2.45) is 0 Å². The fourth-order valence-corrected chi connectivity index (χ4v) is 3.32. The molecule has 1 aliphatic heterocycles. The van der Waals surface area contributed by atoms with Crippen LogP contribution in [0.3, 0.4) is 0 Å². The summed E-state index contributed by atoms with van der Waals surface area (Å²) in [6, 6.07) is 8.24. The second-order valence-electron chi connectivity index (χ2n) is 6.62. The van der Waals surface area contributed by atoms with Crippen LogP contribution < -0.4 is 0 Å². The van der Waals surface area contributed by atoms with Gasteiger partial charge < -0.3 is 4.57 Å². The smallest absolute Gasteiger partial charge is 0.164 e. The molecule has 0 bridgehead atoms. The van der Waals surface area contributed by atoms with Crippen molar-refractivity contribution in [3.8, 4) is 6.07 Å². The van der Waals surface area contributed by atoms with Gasteiger partial charge in [-0.15, -0.1) is 10.2 Å². The zero-order chi connectivity index (χ0) is 17.8. The van der Waals surface area contributed by atoms with E-state index in [0.717, 1.165) is 43.6 Å². The van der Waals surface area contributed by atoms with Crippen molar-refractivity contribution in [2.75, 3.05) is 0 Å². The average Bonchev–Trinajstić information content (AvgIpc) is 2.84. The Hall–Kier alpha value is -2.55. The summed E-state index contributed by atoms with van der Waals surface area (Å²) >= 11 is 0. The van der Waals surface area contributed by atoms with Crippen LogP contribution >= 0.6 is 0 Å². The lowest BCUT2D eigenvalue weighted by Crippen LogP contribution is -2.19. The van der Waals surface area contributed by atoms with Crippen LogP contribution in [0, 0.1) is 17.1 Å². The molecule has 5 nitrogen and oxygen atoms in total. The Morgan fingerprint density at radius 3 is 2.76 bits per heavy atom. The Balaban J connectivity index is 1.77. The maximum Gasteiger partial charge on any atom is 0.164 e. The number of aromatic nitrogens is 3. The Morgan fingerprint density at radius 2 is 2.04 bits per heavy atom. The fraction of sp³-hybridized carbons (Fsp3) is 0.474. The Labute approximate surface area is 146 Å². The number of hydrogen-bond acceptors (Lipinski definition) is 4. The summed E-state index contributed by atoms with van der Waals surface area (Å²) < 4.78 is 15.0. The van der Waals surface area contributed by atoms with E-state index in [1.807, 2.05) is 11.5 Å². The molecule has 1 aromatic heterocycles. The molecule has 0 aliphatic carbocycles. The van der Waals surface area contributed by atoms with E-state index in [-0.39, 0.29) is 23.9 Å². The molecule has 0 radical (unpaired) electrons. The summed E-state index contributed by atoms with van der Waals surface area (Å²) in [6.07, 6.45) is 4.24. The summed E-state index contributed by atoms with van der Waals surface area (Å²) in [6.45, 7) is 2.67. The maximum atomic E-state index is 13.0. The molecule has 2 atom stereocenters. The zero-order valence-electron chi connectivity index (χ0n) is 14.3. The number of rotatable bonds is 5. The minimum Gasteiger partial charge on any atom is -0.313 e. The van der Waals surface area contributed by atoms with Gasteiger partial charge in [0.1, 0.15) is 11.6 Å². The number of fused-ring (bicyclic) bond motifs is 1. The number of carbonyl (C=O) groups is 1. The van der Waals surface area contributed by atoms with Crippen LogP contribution in [0.1, 0.15) is 61.7 Å². The van der Waals surface area contributed by atoms with Gasteiger partial charge in [-0.25, -0.2) is 4.39 Å². The maximum absolute atomic E-state index is 13.0. The second-order valence-corrected chi connectivity index (χ2v) is 6.62. The van der Waals surface area contributed by atoms with Gasteiger partial charge in [-0.2, -0.15) is 5.26 Å². The Morgan fingerprint density at radius 1 is 1.28 bits per heavy atom. The van der Waals surface area contributed by atoms with Gasteiger partial charge in [0.05, 0.1) is 6.07 Å². The lowest BCUT2D eigenvalue weighted by molar-refractivity contribution is -0.119. The molecule has 0 unspecified atom stereocenters. The number of carbonyl (C=O) groups excluding carboxylic acids is 1. The first-order chi connectivity index (χ1) is 12.1. The van der Waals surface area contributed by atoms with E-state index in [0.29, 0.717) is 5.82 Å². The highest BCUT2D eigenvalue weighted by molar-refractivity contribution is 5.88. The van der Waals surface area contributed by atoms with Gasteiger partial charge in [0.15, 0.2) is 17.5 Å². The molecule has 1 aliphatic rings. The summed E-state index contributed by atoms with van der Waals surface area (Å²) in [4.78, 5) is 12.7. The SMILES string of the molecule is C[C@H](CC(=O)[C@H](C#N)c1nnc2n1CCCCC2)c1ccc(F)cc1. The minimum absolute atomic E-state index is 0.0875. The number of Topliss-reactive ketones (excluding diaryl/α,β-unsaturated/α-hetero) is 1. The summed E-state index contributed by atoms with van der Waals surface area (Å²) in [5.41, 5.74) is 0.881. The minimum atomic E-state index is -0.901. The first-order valence-electron chi connectivity index (χ1n) is 8.70. The van der Waals surface area contributed by atoms with Gasteiger partial charge in [-0.05, 0) is 36.5 Å². The van der Waals surface area contributed by atoms with E-state index in [9.17, 15) is 14.4 Å². The highest BCUT2D eigenvalue weighted by atomic mass is 19.1. The van der Waals surface area contributed by atoms with Crippen LogP contribution in [-0.2, 0) is 17.8 Å². The summed E-state index contributed by atoms with van der Waals surface area (Å²) in [5.74, 6) is -0.123. The predicted molar refractivity (Wildman–Crippen MR) is 90.4 cm³/mol. The molecular formula is C19H21FN4O. The highest BCUT2D eigenvalue weighted by Gasteiger charge is 2.29. The molecule has 6 heteroatoms. The van der Waals surface area contributed by atoms with Crippen molar-refractivity contribution in [1.82, 2.24) is 14.8 Å².